The van der Waals surface area contributed by atoms with Crippen molar-refractivity contribution in [3.05, 3.63) is 12.3 Å². The molecule has 11 heavy (non-hydrogen) atoms. The Hall–Kier alpha value is -0.500. The van der Waals surface area contributed by atoms with Crippen LogP contribution in [-0.4, -0.2) is 31.1 Å². The molecule has 1 unspecified atom stereocenters. The van der Waals surface area contributed by atoms with Gasteiger partial charge in [0.1, 0.15) is 0 Å². The molecule has 1 fully saturated rings. The maximum Gasteiger partial charge on any atom is 0.0385 e. The lowest BCUT2D eigenvalue weighted by Crippen LogP contribution is -2.43. The third-order valence-corrected chi connectivity index (χ3v) is 2.08. The van der Waals surface area contributed by atoms with Gasteiger partial charge in [0, 0.05) is 18.3 Å². The summed E-state index contributed by atoms with van der Waals surface area (Å²) in [5.74, 6) is 0. The van der Waals surface area contributed by atoms with Crippen molar-refractivity contribution < 1.29 is 0 Å². The van der Waals surface area contributed by atoms with Gasteiger partial charge in [-0.2, -0.15) is 0 Å². The number of likely N-dealkylation sites (N-methyl/N-ethyl adjacent to an activating group) is 1. The SMILES string of the molecule is C=C(C)NC1CCCN(C)C1. The smallest absolute Gasteiger partial charge is 0.0385 e. The molecule has 0 bridgehead atoms. The number of piperidine rings is 1. The first-order valence-corrected chi connectivity index (χ1v) is 4.29. The van der Waals surface area contributed by atoms with Crippen LogP contribution in [-0.2, 0) is 0 Å². The Morgan fingerprint density at radius 1 is 1.64 bits per heavy atom. The van der Waals surface area contributed by atoms with E-state index in [9.17, 15) is 0 Å². The lowest BCUT2D eigenvalue weighted by atomic mass is 10.1. The highest BCUT2D eigenvalue weighted by molar-refractivity contribution is 4.90. The van der Waals surface area contributed by atoms with Crippen LogP contribution in [0.3, 0.4) is 0 Å². The first-order valence-electron chi connectivity index (χ1n) is 4.29. The van der Waals surface area contributed by atoms with Gasteiger partial charge >= 0.3 is 0 Å². The van der Waals surface area contributed by atoms with E-state index < -0.39 is 0 Å². The van der Waals surface area contributed by atoms with Crippen LogP contribution in [0.15, 0.2) is 12.3 Å². The number of rotatable bonds is 2. The van der Waals surface area contributed by atoms with E-state index in [2.05, 4.69) is 23.8 Å². The average Bonchev–Trinajstić information content (AvgIpc) is 1.85. The number of nitrogens with zero attached hydrogens (tertiary/aromatic N) is 1. The highest BCUT2D eigenvalue weighted by Crippen LogP contribution is 2.08. The van der Waals surface area contributed by atoms with Crippen LogP contribution in [0.25, 0.3) is 0 Å². The Kier molecular flexibility index (Phi) is 2.94. The van der Waals surface area contributed by atoms with Crippen molar-refractivity contribution in [2.45, 2.75) is 25.8 Å². The highest BCUT2D eigenvalue weighted by atomic mass is 15.1. The van der Waals surface area contributed by atoms with Gasteiger partial charge in [-0.05, 0) is 33.4 Å². The van der Waals surface area contributed by atoms with Crippen molar-refractivity contribution >= 4 is 0 Å². The highest BCUT2D eigenvalue weighted by Gasteiger charge is 2.15. The molecule has 1 atom stereocenters. The fourth-order valence-corrected chi connectivity index (χ4v) is 1.63. The number of allylic oxidation sites excluding steroid dienone is 1. The summed E-state index contributed by atoms with van der Waals surface area (Å²) in [5.41, 5.74) is 1.09. The van der Waals surface area contributed by atoms with E-state index in [4.69, 9.17) is 0 Å². The molecule has 0 aliphatic carbocycles. The average molecular weight is 154 g/mol. The number of hydrogen-bond acceptors (Lipinski definition) is 2. The molecule has 0 aromatic rings. The monoisotopic (exact) mass is 154 g/mol. The zero-order valence-electron chi connectivity index (χ0n) is 7.56. The van der Waals surface area contributed by atoms with E-state index in [1.54, 1.807) is 0 Å². The molecule has 1 aliphatic heterocycles. The molecule has 2 heteroatoms. The molecular formula is C9H18N2. The first-order chi connectivity index (χ1) is 5.18. The standard InChI is InChI=1S/C9H18N2/c1-8(2)10-9-5-4-6-11(3)7-9/h9-10H,1,4-7H2,2-3H3. The predicted octanol–water partition coefficient (Wildman–Crippen LogP) is 1.20. The first kappa shape index (κ1) is 8.60. The van der Waals surface area contributed by atoms with Crippen molar-refractivity contribution in [2.24, 2.45) is 0 Å². The number of hydrogen-bond donors (Lipinski definition) is 1. The third-order valence-electron chi connectivity index (χ3n) is 2.08. The molecule has 1 heterocycles. The molecule has 2 nitrogen and oxygen atoms in total. The Bertz CT molecular complexity index is 142. The van der Waals surface area contributed by atoms with Gasteiger partial charge in [-0.25, -0.2) is 0 Å². The Morgan fingerprint density at radius 3 is 2.91 bits per heavy atom. The fourth-order valence-electron chi connectivity index (χ4n) is 1.63. The minimum atomic E-state index is 0.631. The van der Waals surface area contributed by atoms with E-state index in [0.29, 0.717) is 6.04 Å². The molecule has 0 spiro atoms. The van der Waals surface area contributed by atoms with Crippen LogP contribution in [0, 0.1) is 0 Å². The van der Waals surface area contributed by atoms with E-state index in [1.165, 1.54) is 19.4 Å². The summed E-state index contributed by atoms with van der Waals surface area (Å²) in [6.45, 7) is 8.27. The Labute approximate surface area is 69.3 Å². The van der Waals surface area contributed by atoms with Gasteiger partial charge in [0.2, 0.25) is 0 Å². The number of nitrogens with one attached hydrogen (secondary N) is 1. The lowest BCUT2D eigenvalue weighted by Gasteiger charge is -2.30. The van der Waals surface area contributed by atoms with Crippen molar-refractivity contribution in [1.29, 1.82) is 0 Å². The predicted molar refractivity (Wildman–Crippen MR) is 48.5 cm³/mol. The van der Waals surface area contributed by atoms with E-state index in [-0.39, 0.29) is 0 Å². The van der Waals surface area contributed by atoms with Gasteiger partial charge < -0.3 is 10.2 Å². The van der Waals surface area contributed by atoms with Crippen LogP contribution in [0.5, 0.6) is 0 Å². The summed E-state index contributed by atoms with van der Waals surface area (Å²) in [6.07, 6.45) is 2.60. The van der Waals surface area contributed by atoms with Crippen LogP contribution < -0.4 is 5.32 Å². The second-order valence-corrected chi connectivity index (χ2v) is 3.53. The van der Waals surface area contributed by atoms with Crippen molar-refractivity contribution in [3.63, 3.8) is 0 Å². The van der Waals surface area contributed by atoms with Crippen LogP contribution in [0.4, 0.5) is 0 Å². The van der Waals surface area contributed by atoms with Gasteiger partial charge in [0.15, 0.2) is 0 Å². The molecule has 64 valence electrons. The van der Waals surface area contributed by atoms with Crippen LogP contribution >= 0.6 is 0 Å². The molecule has 0 amide bonds. The van der Waals surface area contributed by atoms with Gasteiger partial charge in [0.25, 0.3) is 0 Å². The van der Waals surface area contributed by atoms with Gasteiger partial charge in [-0.15, -0.1) is 0 Å². The third kappa shape index (κ3) is 2.93. The molecule has 0 saturated carbocycles. The van der Waals surface area contributed by atoms with Gasteiger partial charge in [-0.1, -0.05) is 6.58 Å². The minimum Gasteiger partial charge on any atom is -0.385 e. The molecular weight excluding hydrogens is 136 g/mol. The molecule has 0 radical (unpaired) electrons. The summed E-state index contributed by atoms with van der Waals surface area (Å²) in [7, 11) is 2.17. The number of likely N-dealkylation sites (tertiary alicyclic amines) is 1. The molecule has 1 rings (SSSR count). The maximum absolute atomic E-state index is 3.84. The van der Waals surface area contributed by atoms with Crippen molar-refractivity contribution in [1.82, 2.24) is 10.2 Å². The fraction of sp³-hybridized carbons (Fsp3) is 0.778. The second kappa shape index (κ2) is 3.77. The topological polar surface area (TPSA) is 15.3 Å². The molecule has 0 aromatic carbocycles. The molecule has 1 N–H and O–H groups in total. The summed E-state index contributed by atoms with van der Waals surface area (Å²) >= 11 is 0. The van der Waals surface area contributed by atoms with E-state index >= 15 is 0 Å². The van der Waals surface area contributed by atoms with E-state index in [0.717, 1.165) is 12.2 Å². The van der Waals surface area contributed by atoms with E-state index in [1.807, 2.05) is 6.92 Å². The van der Waals surface area contributed by atoms with Crippen molar-refractivity contribution in [2.75, 3.05) is 20.1 Å². The lowest BCUT2D eigenvalue weighted by molar-refractivity contribution is 0.235. The Balaban J connectivity index is 2.28. The zero-order valence-corrected chi connectivity index (χ0v) is 7.56. The normalized spacial score (nSPS) is 26.5. The summed E-state index contributed by atoms with van der Waals surface area (Å²) in [6, 6.07) is 0.631. The summed E-state index contributed by atoms with van der Waals surface area (Å²) in [5, 5.41) is 3.38. The Morgan fingerprint density at radius 2 is 2.36 bits per heavy atom. The minimum absolute atomic E-state index is 0.631. The summed E-state index contributed by atoms with van der Waals surface area (Å²) < 4.78 is 0. The molecule has 1 aliphatic rings. The molecule has 0 aromatic heterocycles. The summed E-state index contributed by atoms with van der Waals surface area (Å²) in [4.78, 5) is 2.37. The van der Waals surface area contributed by atoms with Gasteiger partial charge in [0.05, 0.1) is 0 Å². The quantitative estimate of drug-likeness (QED) is 0.643. The van der Waals surface area contributed by atoms with Gasteiger partial charge in [-0.3, -0.25) is 0 Å². The van der Waals surface area contributed by atoms with Crippen LogP contribution in [0.1, 0.15) is 19.8 Å². The zero-order chi connectivity index (χ0) is 8.27. The van der Waals surface area contributed by atoms with Crippen LogP contribution in [0.2, 0.25) is 0 Å². The second-order valence-electron chi connectivity index (χ2n) is 3.53. The maximum atomic E-state index is 3.84. The molecule has 1 saturated heterocycles. The largest absolute Gasteiger partial charge is 0.385 e. The van der Waals surface area contributed by atoms with Crippen molar-refractivity contribution in [3.8, 4) is 0 Å².